The van der Waals surface area contributed by atoms with Crippen molar-refractivity contribution < 1.29 is 10.0 Å². The molecule has 0 aliphatic carbocycles. The van der Waals surface area contributed by atoms with Gasteiger partial charge >= 0.3 is 0 Å². The first-order valence-electron chi connectivity index (χ1n) is 7.88. The SMILES string of the molecule is CC1(C)CC(NCC(O)(C[N+](=O)[O-])c2ncc[nH]2)CC(C)(C)N1. The van der Waals surface area contributed by atoms with E-state index in [1.54, 1.807) is 6.20 Å². The molecule has 1 aliphatic rings. The van der Waals surface area contributed by atoms with Gasteiger partial charge in [-0.25, -0.2) is 4.98 Å². The molecule has 8 nitrogen and oxygen atoms in total. The Bertz CT molecular complexity index is 527. The van der Waals surface area contributed by atoms with Crippen molar-refractivity contribution in [2.75, 3.05) is 13.1 Å². The fourth-order valence-electron chi connectivity index (χ4n) is 3.73. The Kier molecular flexibility index (Phi) is 4.79. The largest absolute Gasteiger partial charge is 0.375 e. The quantitative estimate of drug-likeness (QED) is 0.453. The number of hydrogen-bond acceptors (Lipinski definition) is 6. The van der Waals surface area contributed by atoms with E-state index < -0.39 is 17.1 Å². The highest BCUT2D eigenvalue weighted by atomic mass is 16.6. The molecule has 0 radical (unpaired) electrons. The average Bonchev–Trinajstić information content (AvgIpc) is 2.86. The Morgan fingerprint density at radius 1 is 1.43 bits per heavy atom. The number of nitro groups is 1. The van der Waals surface area contributed by atoms with Gasteiger partial charge in [0.1, 0.15) is 5.82 Å². The third-order valence-corrected chi connectivity index (χ3v) is 4.20. The Labute approximate surface area is 136 Å². The van der Waals surface area contributed by atoms with Crippen LogP contribution in [0.1, 0.15) is 46.4 Å². The zero-order chi connectivity index (χ0) is 17.3. The van der Waals surface area contributed by atoms with E-state index in [1.807, 2.05) is 0 Å². The van der Waals surface area contributed by atoms with Gasteiger partial charge in [0, 0.05) is 41.0 Å². The van der Waals surface area contributed by atoms with Crippen molar-refractivity contribution in [3.8, 4) is 0 Å². The number of nitrogens with zero attached hydrogens (tertiary/aromatic N) is 2. The lowest BCUT2D eigenvalue weighted by Crippen LogP contribution is -2.62. The van der Waals surface area contributed by atoms with E-state index in [2.05, 4.69) is 48.3 Å². The van der Waals surface area contributed by atoms with Crippen LogP contribution in [0.3, 0.4) is 0 Å². The maximum absolute atomic E-state index is 10.9. The maximum Gasteiger partial charge on any atom is 0.240 e. The Hall–Kier alpha value is -1.51. The smallest absolute Gasteiger partial charge is 0.240 e. The van der Waals surface area contributed by atoms with E-state index in [0.717, 1.165) is 12.8 Å². The van der Waals surface area contributed by atoms with Crippen LogP contribution in [-0.2, 0) is 5.60 Å². The predicted octanol–water partition coefficient (Wildman–Crippen LogP) is 0.773. The van der Waals surface area contributed by atoms with E-state index in [1.165, 1.54) is 6.20 Å². The van der Waals surface area contributed by atoms with Gasteiger partial charge < -0.3 is 20.7 Å². The third kappa shape index (κ3) is 4.73. The van der Waals surface area contributed by atoms with Crippen molar-refractivity contribution in [1.82, 2.24) is 20.6 Å². The van der Waals surface area contributed by atoms with Gasteiger partial charge in [0.2, 0.25) is 6.54 Å². The summed E-state index contributed by atoms with van der Waals surface area (Å²) in [7, 11) is 0. The van der Waals surface area contributed by atoms with Crippen LogP contribution in [0, 0.1) is 10.1 Å². The summed E-state index contributed by atoms with van der Waals surface area (Å²) < 4.78 is 0. The summed E-state index contributed by atoms with van der Waals surface area (Å²) in [5, 5.41) is 28.6. The van der Waals surface area contributed by atoms with Crippen molar-refractivity contribution >= 4 is 0 Å². The molecular weight excluding hydrogens is 298 g/mol. The van der Waals surface area contributed by atoms with E-state index in [9.17, 15) is 15.2 Å². The number of nitrogens with one attached hydrogen (secondary N) is 3. The first-order valence-corrected chi connectivity index (χ1v) is 7.88. The van der Waals surface area contributed by atoms with E-state index in [4.69, 9.17) is 0 Å². The van der Waals surface area contributed by atoms with Gasteiger partial charge in [0.15, 0.2) is 5.60 Å². The van der Waals surface area contributed by atoms with E-state index in [0.29, 0.717) is 0 Å². The van der Waals surface area contributed by atoms with Crippen LogP contribution in [0.5, 0.6) is 0 Å². The molecule has 0 aromatic carbocycles. The second-order valence-corrected chi connectivity index (χ2v) is 7.84. The van der Waals surface area contributed by atoms with Crippen molar-refractivity contribution in [1.29, 1.82) is 0 Å². The number of hydrogen-bond donors (Lipinski definition) is 4. The molecule has 2 heterocycles. The van der Waals surface area contributed by atoms with Crippen molar-refractivity contribution in [3.05, 3.63) is 28.3 Å². The molecule has 1 aliphatic heterocycles. The summed E-state index contributed by atoms with van der Waals surface area (Å²) in [6.45, 7) is 8.04. The number of rotatable bonds is 6. The molecule has 0 amide bonds. The van der Waals surface area contributed by atoms with Crippen LogP contribution >= 0.6 is 0 Å². The number of aromatic amines is 1. The monoisotopic (exact) mass is 325 g/mol. The minimum Gasteiger partial charge on any atom is -0.375 e. The molecule has 0 spiro atoms. The van der Waals surface area contributed by atoms with Gasteiger partial charge in [-0.05, 0) is 40.5 Å². The molecule has 1 aromatic rings. The molecule has 1 atom stereocenters. The lowest BCUT2D eigenvalue weighted by atomic mass is 9.79. The number of H-pyrrole nitrogens is 1. The van der Waals surface area contributed by atoms with Gasteiger partial charge in [-0.1, -0.05) is 0 Å². The minimum atomic E-state index is -1.65. The highest BCUT2D eigenvalue weighted by Gasteiger charge is 2.41. The zero-order valence-electron chi connectivity index (χ0n) is 14.2. The first-order chi connectivity index (χ1) is 10.5. The normalized spacial score (nSPS) is 23.3. The van der Waals surface area contributed by atoms with Crippen LogP contribution in [-0.4, -0.2) is 50.2 Å². The summed E-state index contributed by atoms with van der Waals surface area (Å²) in [4.78, 5) is 17.2. The topological polar surface area (TPSA) is 116 Å². The van der Waals surface area contributed by atoms with Crippen molar-refractivity contribution in [2.24, 2.45) is 0 Å². The van der Waals surface area contributed by atoms with Gasteiger partial charge in [-0.2, -0.15) is 0 Å². The number of piperidine rings is 1. The summed E-state index contributed by atoms with van der Waals surface area (Å²) in [5.74, 6) is 0.217. The van der Waals surface area contributed by atoms with Crippen molar-refractivity contribution in [2.45, 2.75) is 63.3 Å². The van der Waals surface area contributed by atoms with E-state index >= 15 is 0 Å². The molecule has 0 saturated carbocycles. The molecule has 0 bridgehead atoms. The highest BCUT2D eigenvalue weighted by Crippen LogP contribution is 2.29. The number of imidazole rings is 1. The van der Waals surface area contributed by atoms with E-state index in [-0.39, 0.29) is 29.5 Å². The molecule has 1 unspecified atom stereocenters. The molecule has 2 rings (SSSR count). The standard InChI is InChI=1S/C15H27N5O3/c1-13(2)7-11(8-14(3,4)19-13)18-9-15(21,10-20(22)23)12-16-5-6-17-12/h5-6,11,18-19,21H,7-10H2,1-4H3,(H,16,17). The third-order valence-electron chi connectivity index (χ3n) is 4.20. The van der Waals surface area contributed by atoms with Crippen LogP contribution in [0.25, 0.3) is 0 Å². The van der Waals surface area contributed by atoms with Gasteiger partial charge in [0.05, 0.1) is 0 Å². The molecule has 4 N–H and O–H groups in total. The average molecular weight is 325 g/mol. The van der Waals surface area contributed by atoms with Crippen LogP contribution < -0.4 is 10.6 Å². The van der Waals surface area contributed by atoms with Gasteiger partial charge in [0.25, 0.3) is 0 Å². The van der Waals surface area contributed by atoms with Crippen LogP contribution in [0.4, 0.5) is 0 Å². The Balaban J connectivity index is 2.08. The highest BCUT2D eigenvalue weighted by molar-refractivity contribution is 5.05. The summed E-state index contributed by atoms with van der Waals surface area (Å²) in [6.07, 6.45) is 4.79. The molecular formula is C15H27N5O3. The summed E-state index contributed by atoms with van der Waals surface area (Å²) in [6, 6.07) is 0.162. The van der Waals surface area contributed by atoms with Crippen molar-refractivity contribution in [3.63, 3.8) is 0 Å². The minimum absolute atomic E-state index is 0.0364. The van der Waals surface area contributed by atoms with Crippen LogP contribution in [0.2, 0.25) is 0 Å². The second kappa shape index (κ2) is 6.18. The fourth-order valence-corrected chi connectivity index (χ4v) is 3.73. The number of aliphatic hydroxyl groups is 1. The lowest BCUT2D eigenvalue weighted by Gasteiger charge is -2.47. The molecule has 1 aromatic heterocycles. The lowest BCUT2D eigenvalue weighted by molar-refractivity contribution is -0.502. The van der Waals surface area contributed by atoms with Crippen LogP contribution in [0.15, 0.2) is 12.4 Å². The summed E-state index contributed by atoms with van der Waals surface area (Å²) >= 11 is 0. The Morgan fingerprint density at radius 2 is 2.04 bits per heavy atom. The molecule has 1 fully saturated rings. The summed E-state index contributed by atoms with van der Waals surface area (Å²) in [5.41, 5.74) is -1.72. The Morgan fingerprint density at radius 3 is 2.52 bits per heavy atom. The fraction of sp³-hybridized carbons (Fsp3) is 0.800. The van der Waals surface area contributed by atoms with Gasteiger partial charge in [-0.15, -0.1) is 0 Å². The predicted molar refractivity (Wildman–Crippen MR) is 86.7 cm³/mol. The molecule has 130 valence electrons. The molecule has 8 heteroatoms. The zero-order valence-corrected chi connectivity index (χ0v) is 14.2. The van der Waals surface area contributed by atoms with Gasteiger partial charge in [-0.3, -0.25) is 10.1 Å². The first kappa shape index (κ1) is 17.8. The maximum atomic E-state index is 10.9. The molecule has 23 heavy (non-hydrogen) atoms. The number of aromatic nitrogens is 2. The second-order valence-electron chi connectivity index (χ2n) is 7.84. The molecule has 1 saturated heterocycles.